The topological polar surface area (TPSA) is 53.6 Å². The van der Waals surface area contributed by atoms with Crippen LogP contribution in [-0.2, 0) is 11.3 Å². The SMILES string of the molecule is CNC1CCN(CC(=O)NCc2cccc(OC)c2)C1.Cl. The van der Waals surface area contributed by atoms with Crippen LogP contribution in [-0.4, -0.2) is 50.6 Å². The van der Waals surface area contributed by atoms with E-state index in [9.17, 15) is 4.79 Å². The number of hydrogen-bond donors (Lipinski definition) is 2. The average Bonchev–Trinajstić information content (AvgIpc) is 2.93. The van der Waals surface area contributed by atoms with Crippen LogP contribution in [0.4, 0.5) is 0 Å². The molecule has 1 atom stereocenters. The van der Waals surface area contributed by atoms with E-state index in [0.29, 0.717) is 19.1 Å². The maximum Gasteiger partial charge on any atom is 0.234 e. The van der Waals surface area contributed by atoms with Gasteiger partial charge in [-0.05, 0) is 31.2 Å². The van der Waals surface area contributed by atoms with Crippen LogP contribution in [0.15, 0.2) is 24.3 Å². The fourth-order valence-electron chi connectivity index (χ4n) is 2.45. The molecule has 0 aromatic heterocycles. The van der Waals surface area contributed by atoms with Gasteiger partial charge in [0, 0.05) is 25.7 Å². The molecule has 5 nitrogen and oxygen atoms in total. The van der Waals surface area contributed by atoms with Crippen molar-refractivity contribution in [3.63, 3.8) is 0 Å². The minimum absolute atomic E-state index is 0. The lowest BCUT2D eigenvalue weighted by Crippen LogP contribution is -2.37. The molecule has 0 aliphatic carbocycles. The van der Waals surface area contributed by atoms with E-state index in [1.807, 2.05) is 31.3 Å². The molecule has 21 heavy (non-hydrogen) atoms. The van der Waals surface area contributed by atoms with Crippen molar-refractivity contribution >= 4 is 18.3 Å². The standard InChI is InChI=1S/C15H23N3O2.ClH/c1-16-13-6-7-18(10-13)11-15(19)17-9-12-4-3-5-14(8-12)20-2;/h3-5,8,13,16H,6-7,9-11H2,1-2H3,(H,17,19);1H. The Morgan fingerprint density at radius 2 is 2.29 bits per heavy atom. The Morgan fingerprint density at radius 1 is 1.48 bits per heavy atom. The van der Waals surface area contributed by atoms with Gasteiger partial charge in [-0.15, -0.1) is 12.4 Å². The van der Waals surface area contributed by atoms with Gasteiger partial charge in [-0.3, -0.25) is 9.69 Å². The molecule has 0 radical (unpaired) electrons. The highest BCUT2D eigenvalue weighted by atomic mass is 35.5. The highest BCUT2D eigenvalue weighted by Gasteiger charge is 2.22. The van der Waals surface area contributed by atoms with Crippen LogP contribution < -0.4 is 15.4 Å². The molecule has 1 aromatic carbocycles. The first-order valence-corrected chi connectivity index (χ1v) is 7.00. The van der Waals surface area contributed by atoms with E-state index in [-0.39, 0.29) is 18.3 Å². The number of nitrogens with one attached hydrogen (secondary N) is 2. The summed E-state index contributed by atoms with van der Waals surface area (Å²) in [7, 11) is 3.61. The van der Waals surface area contributed by atoms with Gasteiger partial charge in [-0.2, -0.15) is 0 Å². The molecular formula is C15H24ClN3O2. The number of benzene rings is 1. The molecule has 2 N–H and O–H groups in total. The van der Waals surface area contributed by atoms with Crippen LogP contribution in [0.3, 0.4) is 0 Å². The van der Waals surface area contributed by atoms with Crippen molar-refractivity contribution in [2.75, 3.05) is 33.8 Å². The Hall–Kier alpha value is -1.30. The largest absolute Gasteiger partial charge is 0.497 e. The molecule has 1 saturated heterocycles. The third-order valence-electron chi connectivity index (χ3n) is 3.67. The van der Waals surface area contributed by atoms with E-state index in [1.54, 1.807) is 7.11 Å². The Balaban J connectivity index is 0.00000220. The Labute approximate surface area is 132 Å². The van der Waals surface area contributed by atoms with E-state index in [4.69, 9.17) is 4.74 Å². The van der Waals surface area contributed by atoms with Crippen LogP contribution in [0, 0.1) is 0 Å². The second-order valence-corrected chi connectivity index (χ2v) is 5.14. The number of carbonyl (C=O) groups excluding carboxylic acids is 1. The number of likely N-dealkylation sites (N-methyl/N-ethyl adjacent to an activating group) is 1. The van der Waals surface area contributed by atoms with E-state index in [1.165, 1.54) is 0 Å². The van der Waals surface area contributed by atoms with Crippen molar-refractivity contribution in [3.8, 4) is 5.75 Å². The summed E-state index contributed by atoms with van der Waals surface area (Å²) in [5.74, 6) is 0.887. The third kappa shape index (κ3) is 5.53. The maximum absolute atomic E-state index is 11.9. The minimum Gasteiger partial charge on any atom is -0.497 e. The molecule has 2 rings (SSSR count). The van der Waals surface area contributed by atoms with Crippen molar-refractivity contribution in [1.82, 2.24) is 15.5 Å². The average molecular weight is 314 g/mol. The molecule has 118 valence electrons. The number of likely N-dealkylation sites (tertiary alicyclic amines) is 1. The first kappa shape index (κ1) is 17.8. The van der Waals surface area contributed by atoms with Crippen molar-refractivity contribution < 1.29 is 9.53 Å². The Bertz CT molecular complexity index is 456. The molecule has 0 bridgehead atoms. The summed E-state index contributed by atoms with van der Waals surface area (Å²) in [6.45, 7) is 2.95. The van der Waals surface area contributed by atoms with E-state index >= 15 is 0 Å². The number of carbonyl (C=O) groups is 1. The molecular weight excluding hydrogens is 290 g/mol. The Kier molecular flexibility index (Phi) is 7.50. The van der Waals surface area contributed by atoms with Gasteiger partial charge in [0.1, 0.15) is 5.75 Å². The fourth-order valence-corrected chi connectivity index (χ4v) is 2.45. The first-order chi connectivity index (χ1) is 9.71. The number of halogens is 1. The predicted molar refractivity (Wildman–Crippen MR) is 86.0 cm³/mol. The molecule has 1 aliphatic heterocycles. The number of methoxy groups -OCH3 is 1. The minimum atomic E-state index is 0. The lowest BCUT2D eigenvalue weighted by atomic mass is 10.2. The van der Waals surface area contributed by atoms with Crippen molar-refractivity contribution in [2.45, 2.75) is 19.0 Å². The lowest BCUT2D eigenvalue weighted by Gasteiger charge is -2.15. The van der Waals surface area contributed by atoms with Crippen LogP contribution in [0.25, 0.3) is 0 Å². The molecule has 0 spiro atoms. The molecule has 1 aromatic rings. The molecule has 1 heterocycles. The molecule has 0 saturated carbocycles. The van der Waals surface area contributed by atoms with Gasteiger partial charge >= 0.3 is 0 Å². The summed E-state index contributed by atoms with van der Waals surface area (Å²) in [6.07, 6.45) is 1.11. The van der Waals surface area contributed by atoms with Gasteiger partial charge in [0.25, 0.3) is 0 Å². The van der Waals surface area contributed by atoms with Gasteiger partial charge in [0.2, 0.25) is 5.91 Å². The number of nitrogens with zero attached hydrogens (tertiary/aromatic N) is 1. The van der Waals surface area contributed by atoms with Gasteiger partial charge in [-0.1, -0.05) is 12.1 Å². The van der Waals surface area contributed by atoms with Gasteiger partial charge in [-0.25, -0.2) is 0 Å². The van der Waals surface area contributed by atoms with E-state index in [0.717, 1.165) is 30.8 Å². The van der Waals surface area contributed by atoms with Gasteiger partial charge < -0.3 is 15.4 Å². The maximum atomic E-state index is 11.9. The summed E-state index contributed by atoms with van der Waals surface area (Å²) in [4.78, 5) is 14.1. The van der Waals surface area contributed by atoms with Crippen molar-refractivity contribution in [1.29, 1.82) is 0 Å². The molecule has 1 amide bonds. The number of rotatable bonds is 6. The summed E-state index contributed by atoms with van der Waals surface area (Å²) in [6, 6.07) is 8.26. The number of ether oxygens (including phenoxy) is 1. The zero-order valence-electron chi connectivity index (χ0n) is 12.6. The summed E-state index contributed by atoms with van der Waals surface area (Å²) in [5, 5.41) is 6.20. The number of hydrogen-bond acceptors (Lipinski definition) is 4. The summed E-state index contributed by atoms with van der Waals surface area (Å²) < 4.78 is 5.17. The highest BCUT2D eigenvalue weighted by Crippen LogP contribution is 2.12. The smallest absolute Gasteiger partial charge is 0.234 e. The summed E-state index contributed by atoms with van der Waals surface area (Å²) in [5.41, 5.74) is 1.05. The molecule has 6 heteroatoms. The zero-order chi connectivity index (χ0) is 14.4. The van der Waals surface area contributed by atoms with Crippen LogP contribution in [0.2, 0.25) is 0 Å². The zero-order valence-corrected chi connectivity index (χ0v) is 13.4. The van der Waals surface area contributed by atoms with Crippen LogP contribution in [0.5, 0.6) is 5.75 Å². The first-order valence-electron chi connectivity index (χ1n) is 7.00. The summed E-state index contributed by atoms with van der Waals surface area (Å²) >= 11 is 0. The number of amides is 1. The van der Waals surface area contributed by atoms with Crippen molar-refractivity contribution in [2.24, 2.45) is 0 Å². The molecule has 1 unspecified atom stereocenters. The van der Waals surface area contributed by atoms with Crippen LogP contribution in [0.1, 0.15) is 12.0 Å². The quantitative estimate of drug-likeness (QED) is 0.823. The molecule has 1 aliphatic rings. The van der Waals surface area contributed by atoms with Crippen molar-refractivity contribution in [3.05, 3.63) is 29.8 Å². The second-order valence-electron chi connectivity index (χ2n) is 5.14. The monoisotopic (exact) mass is 313 g/mol. The predicted octanol–water partition coefficient (Wildman–Crippen LogP) is 1.03. The Morgan fingerprint density at radius 3 is 2.95 bits per heavy atom. The molecule has 1 fully saturated rings. The normalized spacial score (nSPS) is 18.1. The lowest BCUT2D eigenvalue weighted by molar-refractivity contribution is -0.122. The van der Waals surface area contributed by atoms with E-state index in [2.05, 4.69) is 15.5 Å². The third-order valence-corrected chi connectivity index (χ3v) is 3.67. The van der Waals surface area contributed by atoms with Gasteiger partial charge in [0.15, 0.2) is 0 Å². The van der Waals surface area contributed by atoms with Crippen LogP contribution >= 0.6 is 12.4 Å². The van der Waals surface area contributed by atoms with Gasteiger partial charge in [0.05, 0.1) is 13.7 Å². The highest BCUT2D eigenvalue weighted by molar-refractivity contribution is 5.85. The second kappa shape index (κ2) is 8.87. The van der Waals surface area contributed by atoms with E-state index < -0.39 is 0 Å². The fraction of sp³-hybridized carbons (Fsp3) is 0.533.